The molecule has 0 aliphatic rings. The van der Waals surface area contributed by atoms with Crippen molar-refractivity contribution in [1.29, 1.82) is 0 Å². The van der Waals surface area contributed by atoms with Crippen molar-refractivity contribution in [3.05, 3.63) is 47.5 Å². The lowest BCUT2D eigenvalue weighted by Crippen LogP contribution is -2.12. The molecule has 8 heteroatoms. The molecule has 3 aromatic rings. The maximum Gasteiger partial charge on any atom is 0.261 e. The maximum atomic E-state index is 12.5. The van der Waals surface area contributed by atoms with Crippen LogP contribution >= 0.6 is 34.7 Å². The van der Waals surface area contributed by atoms with Gasteiger partial charge in [0.2, 0.25) is 0 Å². The van der Waals surface area contributed by atoms with Gasteiger partial charge in [-0.2, -0.15) is 0 Å². The highest BCUT2D eigenvalue weighted by molar-refractivity contribution is 8.01. The Kier molecular flexibility index (Phi) is 5.34. The van der Waals surface area contributed by atoms with Crippen LogP contribution in [-0.4, -0.2) is 19.2 Å². The topological polar surface area (TPSA) is 59.1 Å². The number of halogens is 1. The van der Waals surface area contributed by atoms with Gasteiger partial charge in [0.1, 0.15) is 0 Å². The SMILES string of the molecule is CCCSc1nc2ccc(NS(=O)(=O)c3cccc(Cl)c3)cc2s1. The van der Waals surface area contributed by atoms with E-state index in [-0.39, 0.29) is 4.90 Å². The molecule has 0 aliphatic heterocycles. The Bertz CT molecular complexity index is 970. The number of rotatable bonds is 6. The van der Waals surface area contributed by atoms with Gasteiger partial charge in [-0.25, -0.2) is 13.4 Å². The number of nitrogens with one attached hydrogen (secondary N) is 1. The fraction of sp³-hybridized carbons (Fsp3) is 0.188. The van der Waals surface area contributed by atoms with Crippen molar-refractivity contribution in [3.8, 4) is 0 Å². The second-order valence-corrected chi connectivity index (χ2v) is 9.57. The lowest BCUT2D eigenvalue weighted by Gasteiger charge is -2.08. The number of hydrogen-bond acceptors (Lipinski definition) is 5. The Morgan fingerprint density at radius 1 is 1.25 bits per heavy atom. The fourth-order valence-electron chi connectivity index (χ4n) is 2.07. The van der Waals surface area contributed by atoms with Crippen LogP contribution < -0.4 is 4.72 Å². The van der Waals surface area contributed by atoms with Crippen LogP contribution in [0.25, 0.3) is 10.2 Å². The van der Waals surface area contributed by atoms with Gasteiger partial charge in [-0.05, 0) is 42.8 Å². The van der Waals surface area contributed by atoms with Crippen molar-refractivity contribution in [2.75, 3.05) is 10.5 Å². The van der Waals surface area contributed by atoms with Crippen molar-refractivity contribution < 1.29 is 8.42 Å². The van der Waals surface area contributed by atoms with Crippen LogP contribution in [0.15, 0.2) is 51.7 Å². The molecule has 0 unspecified atom stereocenters. The van der Waals surface area contributed by atoms with Crippen molar-refractivity contribution in [2.45, 2.75) is 22.6 Å². The molecule has 126 valence electrons. The third-order valence-corrected chi connectivity index (χ3v) is 7.14. The van der Waals surface area contributed by atoms with E-state index >= 15 is 0 Å². The van der Waals surface area contributed by atoms with Crippen LogP contribution in [0, 0.1) is 0 Å². The number of thioether (sulfide) groups is 1. The van der Waals surface area contributed by atoms with E-state index in [0.717, 1.165) is 26.7 Å². The number of aromatic nitrogens is 1. The first-order valence-corrected chi connectivity index (χ1v) is 11.0. The first-order valence-electron chi connectivity index (χ1n) is 7.30. The zero-order valence-electron chi connectivity index (χ0n) is 12.8. The number of thiazole rings is 1. The molecule has 0 bridgehead atoms. The van der Waals surface area contributed by atoms with Crippen molar-refractivity contribution in [3.63, 3.8) is 0 Å². The number of benzene rings is 2. The average molecular weight is 399 g/mol. The smallest absolute Gasteiger partial charge is 0.261 e. The normalized spacial score (nSPS) is 11.8. The van der Waals surface area contributed by atoms with Crippen LogP contribution in [0.2, 0.25) is 5.02 Å². The lowest BCUT2D eigenvalue weighted by molar-refractivity contribution is 0.601. The predicted octanol–water partition coefficient (Wildman–Crippen LogP) is 5.25. The van der Waals surface area contributed by atoms with Crippen LogP contribution in [0.3, 0.4) is 0 Å². The lowest BCUT2D eigenvalue weighted by atomic mass is 10.3. The Morgan fingerprint density at radius 3 is 2.83 bits per heavy atom. The minimum atomic E-state index is -3.67. The summed E-state index contributed by atoms with van der Waals surface area (Å²) in [6.07, 6.45) is 1.09. The molecule has 0 atom stereocenters. The highest BCUT2D eigenvalue weighted by Crippen LogP contribution is 2.32. The van der Waals surface area contributed by atoms with Crippen molar-refractivity contribution >= 4 is 60.6 Å². The molecule has 0 aliphatic carbocycles. The summed E-state index contributed by atoms with van der Waals surface area (Å²) in [5.41, 5.74) is 1.39. The summed E-state index contributed by atoms with van der Waals surface area (Å²) in [6.45, 7) is 2.13. The molecule has 0 radical (unpaired) electrons. The zero-order valence-corrected chi connectivity index (χ0v) is 16.0. The first kappa shape index (κ1) is 17.5. The van der Waals surface area contributed by atoms with E-state index in [1.54, 1.807) is 41.3 Å². The van der Waals surface area contributed by atoms with E-state index in [1.807, 2.05) is 12.1 Å². The van der Waals surface area contributed by atoms with Crippen LogP contribution in [0.5, 0.6) is 0 Å². The molecule has 2 aromatic carbocycles. The molecule has 0 spiro atoms. The van der Waals surface area contributed by atoms with Gasteiger partial charge in [0.25, 0.3) is 10.0 Å². The summed E-state index contributed by atoms with van der Waals surface area (Å²) in [4.78, 5) is 4.68. The van der Waals surface area contributed by atoms with Gasteiger partial charge in [-0.15, -0.1) is 11.3 Å². The van der Waals surface area contributed by atoms with Gasteiger partial charge in [-0.1, -0.05) is 36.4 Å². The minimum absolute atomic E-state index is 0.138. The van der Waals surface area contributed by atoms with Gasteiger partial charge >= 0.3 is 0 Å². The Balaban J connectivity index is 1.86. The van der Waals surface area contributed by atoms with Gasteiger partial charge in [0.15, 0.2) is 4.34 Å². The van der Waals surface area contributed by atoms with Gasteiger partial charge in [-0.3, -0.25) is 4.72 Å². The number of sulfonamides is 1. The average Bonchev–Trinajstić information content (AvgIpc) is 2.94. The Labute approximate surface area is 154 Å². The molecular formula is C16H15ClN2O2S3. The van der Waals surface area contributed by atoms with Gasteiger partial charge < -0.3 is 0 Å². The second kappa shape index (κ2) is 7.31. The molecule has 4 nitrogen and oxygen atoms in total. The summed E-state index contributed by atoms with van der Waals surface area (Å²) < 4.78 is 29.5. The number of nitrogens with zero attached hydrogens (tertiary/aromatic N) is 1. The monoisotopic (exact) mass is 398 g/mol. The molecule has 1 N–H and O–H groups in total. The molecule has 0 saturated heterocycles. The fourth-order valence-corrected chi connectivity index (χ4v) is 5.45. The molecule has 3 rings (SSSR count). The summed E-state index contributed by atoms with van der Waals surface area (Å²) in [5.74, 6) is 1.02. The highest BCUT2D eigenvalue weighted by atomic mass is 35.5. The summed E-state index contributed by atoms with van der Waals surface area (Å²) in [5, 5.41) is 0.383. The summed E-state index contributed by atoms with van der Waals surface area (Å²) >= 11 is 9.16. The summed E-state index contributed by atoms with van der Waals surface area (Å²) in [6, 6.07) is 11.6. The second-order valence-electron chi connectivity index (χ2n) is 5.07. The standard InChI is InChI=1S/C16H15ClN2O2S3/c1-2-8-22-16-18-14-7-6-12(10-15(14)23-16)19-24(20,21)13-5-3-4-11(17)9-13/h3-7,9-10,19H,2,8H2,1H3. The minimum Gasteiger partial charge on any atom is -0.280 e. The van der Waals surface area contributed by atoms with Crippen LogP contribution in [0.4, 0.5) is 5.69 Å². The third-order valence-electron chi connectivity index (χ3n) is 3.16. The van der Waals surface area contributed by atoms with Crippen molar-refractivity contribution in [2.24, 2.45) is 0 Å². The van der Waals surface area contributed by atoms with Crippen LogP contribution in [0.1, 0.15) is 13.3 Å². The zero-order chi connectivity index (χ0) is 17.2. The number of fused-ring (bicyclic) bond motifs is 1. The highest BCUT2D eigenvalue weighted by Gasteiger charge is 2.15. The van der Waals surface area contributed by atoms with E-state index in [4.69, 9.17) is 11.6 Å². The molecule has 24 heavy (non-hydrogen) atoms. The maximum absolute atomic E-state index is 12.5. The van der Waals surface area contributed by atoms with E-state index in [2.05, 4.69) is 16.6 Å². The quantitative estimate of drug-likeness (QED) is 0.576. The molecule has 0 saturated carbocycles. The van der Waals surface area contributed by atoms with E-state index in [9.17, 15) is 8.42 Å². The molecule has 0 fully saturated rings. The van der Waals surface area contributed by atoms with E-state index < -0.39 is 10.0 Å². The Morgan fingerprint density at radius 2 is 2.08 bits per heavy atom. The van der Waals surface area contributed by atoms with Gasteiger partial charge in [0, 0.05) is 10.8 Å². The molecular weight excluding hydrogens is 384 g/mol. The largest absolute Gasteiger partial charge is 0.280 e. The van der Waals surface area contributed by atoms with Gasteiger partial charge in [0.05, 0.1) is 20.8 Å². The summed E-state index contributed by atoms with van der Waals surface area (Å²) in [7, 11) is -3.67. The third kappa shape index (κ3) is 4.03. The van der Waals surface area contributed by atoms with E-state index in [0.29, 0.717) is 10.7 Å². The first-order chi connectivity index (χ1) is 11.5. The Hall–Kier alpha value is -1.28. The van der Waals surface area contributed by atoms with E-state index in [1.165, 1.54) is 12.1 Å². The molecule has 0 amide bonds. The number of hydrogen-bond donors (Lipinski definition) is 1. The number of anilines is 1. The predicted molar refractivity (Wildman–Crippen MR) is 103 cm³/mol. The van der Waals surface area contributed by atoms with Crippen molar-refractivity contribution in [1.82, 2.24) is 4.98 Å². The van der Waals surface area contributed by atoms with Crippen LogP contribution in [-0.2, 0) is 10.0 Å². The molecule has 1 heterocycles. The molecule has 1 aromatic heterocycles.